The number of nitrogens with one attached hydrogen (secondary N) is 3. The van der Waals surface area contributed by atoms with Gasteiger partial charge in [-0.2, -0.15) is 0 Å². The number of hydrogen-bond acceptors (Lipinski definition) is 4. The largest absolute Gasteiger partial charge is 0.376 e. The molecule has 148 valence electrons. The van der Waals surface area contributed by atoms with Crippen LogP contribution in [0.15, 0.2) is 54.6 Å². The molecule has 0 spiro atoms. The Hall–Kier alpha value is -2.90. The third-order valence-corrected chi connectivity index (χ3v) is 4.76. The van der Waals surface area contributed by atoms with Crippen LogP contribution in [0.4, 0.5) is 16.2 Å². The van der Waals surface area contributed by atoms with Crippen LogP contribution in [0, 0.1) is 0 Å². The highest BCUT2D eigenvalue weighted by atomic mass is 16.5. The quantitative estimate of drug-likeness (QED) is 0.616. The van der Waals surface area contributed by atoms with Gasteiger partial charge >= 0.3 is 6.03 Å². The molecule has 1 aliphatic heterocycles. The molecule has 7 heteroatoms. The van der Waals surface area contributed by atoms with Gasteiger partial charge in [0.05, 0.1) is 6.10 Å². The molecule has 1 saturated heterocycles. The molecule has 2 atom stereocenters. The molecule has 5 N–H and O–H groups in total. The van der Waals surface area contributed by atoms with Gasteiger partial charge in [0.2, 0.25) is 5.91 Å². The number of carbonyl (C=O) groups is 2. The first-order valence-electron chi connectivity index (χ1n) is 9.37. The Morgan fingerprint density at radius 1 is 1.07 bits per heavy atom. The number of benzene rings is 2. The van der Waals surface area contributed by atoms with Gasteiger partial charge < -0.3 is 26.4 Å². The van der Waals surface area contributed by atoms with Crippen molar-refractivity contribution in [3.8, 4) is 0 Å². The molecule has 7 nitrogen and oxygen atoms in total. The van der Waals surface area contributed by atoms with E-state index in [2.05, 4.69) is 16.0 Å². The maximum absolute atomic E-state index is 12.6. The zero-order valence-electron chi connectivity index (χ0n) is 15.9. The van der Waals surface area contributed by atoms with E-state index in [0.29, 0.717) is 17.9 Å². The van der Waals surface area contributed by atoms with Gasteiger partial charge in [-0.05, 0) is 49.6 Å². The minimum absolute atomic E-state index is 0.0959. The van der Waals surface area contributed by atoms with Crippen LogP contribution < -0.4 is 21.7 Å². The van der Waals surface area contributed by atoms with Crippen molar-refractivity contribution in [3.05, 3.63) is 60.2 Å². The van der Waals surface area contributed by atoms with E-state index in [4.69, 9.17) is 10.5 Å². The fraction of sp³-hybridized carbons (Fsp3) is 0.333. The van der Waals surface area contributed by atoms with Gasteiger partial charge in [-0.15, -0.1) is 0 Å². The molecule has 0 bridgehead atoms. The molecule has 0 aromatic heterocycles. The highest BCUT2D eigenvalue weighted by molar-refractivity contribution is 5.98. The monoisotopic (exact) mass is 382 g/mol. The van der Waals surface area contributed by atoms with Crippen LogP contribution in [0.1, 0.15) is 25.3 Å². The van der Waals surface area contributed by atoms with Crippen molar-refractivity contribution in [2.75, 3.05) is 23.8 Å². The van der Waals surface area contributed by atoms with Gasteiger partial charge in [-0.3, -0.25) is 4.79 Å². The summed E-state index contributed by atoms with van der Waals surface area (Å²) in [5.74, 6) is -0.311. The summed E-state index contributed by atoms with van der Waals surface area (Å²) in [7, 11) is 0. The van der Waals surface area contributed by atoms with Crippen molar-refractivity contribution >= 4 is 23.3 Å². The number of urea groups is 1. The molecule has 0 radical (unpaired) electrons. The van der Waals surface area contributed by atoms with Gasteiger partial charge in [-0.25, -0.2) is 4.79 Å². The first kappa shape index (κ1) is 19.9. The third-order valence-electron chi connectivity index (χ3n) is 4.76. The standard InChI is InChI=1S/C21H26N4O3/c1-21(22,15-6-3-2-4-7-15)19(26)24-16-9-11-17(12-10-16)25-20(27)23-14-18-8-5-13-28-18/h2-4,6-7,9-12,18H,5,8,13-14,22H2,1H3,(H,24,26)(H2,23,25,27). The summed E-state index contributed by atoms with van der Waals surface area (Å²) in [6.45, 7) is 2.92. The molecule has 2 unspecified atom stereocenters. The fourth-order valence-electron chi connectivity index (χ4n) is 3.00. The lowest BCUT2D eigenvalue weighted by molar-refractivity contribution is -0.120. The van der Waals surface area contributed by atoms with Crippen molar-refractivity contribution in [2.45, 2.75) is 31.4 Å². The molecule has 3 rings (SSSR count). The highest BCUT2D eigenvalue weighted by Crippen LogP contribution is 2.21. The number of ether oxygens (including phenoxy) is 1. The number of rotatable bonds is 6. The average molecular weight is 382 g/mol. The second-order valence-corrected chi connectivity index (χ2v) is 7.07. The Morgan fingerprint density at radius 2 is 1.71 bits per heavy atom. The first-order chi connectivity index (χ1) is 13.4. The van der Waals surface area contributed by atoms with Crippen molar-refractivity contribution < 1.29 is 14.3 Å². The molecular formula is C21H26N4O3. The topological polar surface area (TPSA) is 105 Å². The molecule has 28 heavy (non-hydrogen) atoms. The van der Waals surface area contributed by atoms with Gasteiger partial charge in [0.1, 0.15) is 5.54 Å². The van der Waals surface area contributed by atoms with E-state index in [9.17, 15) is 9.59 Å². The molecular weight excluding hydrogens is 356 g/mol. The second kappa shape index (κ2) is 8.86. The van der Waals surface area contributed by atoms with Crippen molar-refractivity contribution in [1.29, 1.82) is 0 Å². The summed E-state index contributed by atoms with van der Waals surface area (Å²) in [5.41, 5.74) is 7.03. The van der Waals surface area contributed by atoms with Gasteiger partial charge in [0, 0.05) is 24.5 Å². The van der Waals surface area contributed by atoms with Crippen LogP contribution in [0.5, 0.6) is 0 Å². The normalized spacial score (nSPS) is 18.1. The summed E-state index contributed by atoms with van der Waals surface area (Å²) in [6.07, 6.45) is 2.10. The van der Waals surface area contributed by atoms with Crippen LogP contribution in [-0.4, -0.2) is 31.2 Å². The van der Waals surface area contributed by atoms with Crippen LogP contribution in [0.3, 0.4) is 0 Å². The molecule has 1 heterocycles. The van der Waals surface area contributed by atoms with E-state index in [-0.39, 0.29) is 18.0 Å². The Labute approximate surface area is 164 Å². The Bertz CT molecular complexity index is 800. The molecule has 3 amide bonds. The van der Waals surface area contributed by atoms with E-state index >= 15 is 0 Å². The summed E-state index contributed by atoms with van der Waals surface area (Å²) in [5, 5.41) is 8.37. The van der Waals surface area contributed by atoms with Crippen molar-refractivity contribution in [3.63, 3.8) is 0 Å². The Balaban J connectivity index is 1.52. The highest BCUT2D eigenvalue weighted by Gasteiger charge is 2.30. The minimum atomic E-state index is -1.15. The molecule has 2 aromatic carbocycles. The predicted octanol–water partition coefficient (Wildman–Crippen LogP) is 2.80. The Kier molecular flexibility index (Phi) is 6.28. The van der Waals surface area contributed by atoms with E-state index in [1.165, 1.54) is 0 Å². The fourth-order valence-corrected chi connectivity index (χ4v) is 3.00. The van der Waals surface area contributed by atoms with Gasteiger partial charge in [0.15, 0.2) is 0 Å². The van der Waals surface area contributed by atoms with E-state index in [0.717, 1.165) is 25.0 Å². The molecule has 1 fully saturated rings. The number of anilines is 2. The lowest BCUT2D eigenvalue weighted by Crippen LogP contribution is -2.45. The zero-order valence-corrected chi connectivity index (χ0v) is 15.9. The minimum Gasteiger partial charge on any atom is -0.376 e. The molecule has 0 aliphatic carbocycles. The third kappa shape index (κ3) is 5.09. The van der Waals surface area contributed by atoms with Crippen molar-refractivity contribution in [1.82, 2.24) is 5.32 Å². The first-order valence-corrected chi connectivity index (χ1v) is 9.37. The molecule has 0 saturated carbocycles. The summed E-state index contributed by atoms with van der Waals surface area (Å²) in [4.78, 5) is 24.5. The average Bonchev–Trinajstić information content (AvgIpc) is 3.22. The maximum atomic E-state index is 12.6. The van der Waals surface area contributed by atoms with E-state index < -0.39 is 5.54 Å². The number of amides is 3. The van der Waals surface area contributed by atoms with Crippen LogP contribution >= 0.6 is 0 Å². The number of carbonyl (C=O) groups excluding carboxylic acids is 2. The van der Waals surface area contributed by atoms with Crippen LogP contribution in [0.2, 0.25) is 0 Å². The SMILES string of the molecule is CC(N)(C(=O)Nc1ccc(NC(=O)NCC2CCCO2)cc1)c1ccccc1. The maximum Gasteiger partial charge on any atom is 0.319 e. The van der Waals surface area contributed by atoms with Gasteiger partial charge in [0.25, 0.3) is 0 Å². The van der Waals surface area contributed by atoms with Crippen LogP contribution in [0.25, 0.3) is 0 Å². The molecule has 2 aromatic rings. The lowest BCUT2D eigenvalue weighted by Gasteiger charge is -2.24. The Morgan fingerprint density at radius 3 is 2.32 bits per heavy atom. The smallest absolute Gasteiger partial charge is 0.319 e. The van der Waals surface area contributed by atoms with E-state index in [1.54, 1.807) is 31.2 Å². The lowest BCUT2D eigenvalue weighted by atomic mass is 9.92. The number of nitrogens with two attached hydrogens (primary N) is 1. The second-order valence-electron chi connectivity index (χ2n) is 7.07. The molecule has 1 aliphatic rings. The van der Waals surface area contributed by atoms with Crippen molar-refractivity contribution in [2.24, 2.45) is 5.73 Å². The summed E-state index contributed by atoms with van der Waals surface area (Å²) in [6, 6.07) is 15.8. The summed E-state index contributed by atoms with van der Waals surface area (Å²) < 4.78 is 5.47. The zero-order chi connectivity index (χ0) is 20.0. The van der Waals surface area contributed by atoms with Gasteiger partial charge in [-0.1, -0.05) is 30.3 Å². The summed E-state index contributed by atoms with van der Waals surface area (Å²) >= 11 is 0. The van der Waals surface area contributed by atoms with E-state index in [1.807, 2.05) is 30.3 Å². The number of hydrogen-bond donors (Lipinski definition) is 4. The predicted molar refractivity (Wildman–Crippen MR) is 109 cm³/mol. The van der Waals surface area contributed by atoms with Crippen LogP contribution in [-0.2, 0) is 15.1 Å².